The van der Waals surface area contributed by atoms with Crippen molar-refractivity contribution in [3.8, 4) is 11.5 Å². The van der Waals surface area contributed by atoms with E-state index in [9.17, 15) is 4.79 Å². The van der Waals surface area contributed by atoms with Crippen LogP contribution in [0.15, 0.2) is 94.8 Å². The molecule has 5 rings (SSSR count). The lowest BCUT2D eigenvalue weighted by atomic mass is 10.1. The van der Waals surface area contributed by atoms with Crippen LogP contribution in [0.3, 0.4) is 0 Å². The number of likely N-dealkylation sites (N-methyl/N-ethyl adjacent to an activating group) is 1. The van der Waals surface area contributed by atoms with Crippen LogP contribution in [0.1, 0.15) is 23.6 Å². The number of carbonyl (C=O) groups is 1. The molecule has 6 heteroatoms. The van der Waals surface area contributed by atoms with E-state index in [1.165, 1.54) is 22.7 Å². The summed E-state index contributed by atoms with van der Waals surface area (Å²) in [6, 6.07) is 28.1. The van der Waals surface area contributed by atoms with Gasteiger partial charge in [0.05, 0.1) is 17.7 Å². The number of aryl methyl sites for hydroxylation is 1. The second kappa shape index (κ2) is 10.9. The smallest absolute Gasteiger partial charge is 0.266 e. The second-order valence-corrected chi connectivity index (χ2v) is 9.70. The largest absolute Gasteiger partial charge is 0.493 e. The molecule has 1 aliphatic rings. The van der Waals surface area contributed by atoms with Gasteiger partial charge >= 0.3 is 0 Å². The molecular weight excluding hydrogens is 480 g/mol. The van der Waals surface area contributed by atoms with Crippen molar-refractivity contribution in [2.75, 3.05) is 13.7 Å². The zero-order valence-corrected chi connectivity index (χ0v) is 21.9. The predicted octanol–water partition coefficient (Wildman–Crippen LogP) is 7.36. The first-order valence-electron chi connectivity index (χ1n) is 12.2. The molecule has 0 aliphatic carbocycles. The summed E-state index contributed by atoms with van der Waals surface area (Å²) in [4.78, 5) is 20.3. The first-order valence-corrected chi connectivity index (χ1v) is 13.0. The van der Waals surface area contributed by atoms with Gasteiger partial charge in [0.25, 0.3) is 5.91 Å². The molecule has 0 atom stereocenters. The monoisotopic (exact) mass is 508 g/mol. The molecule has 37 heavy (non-hydrogen) atoms. The number of carbonyl (C=O) groups excluding carboxylic acids is 1. The number of para-hydroxylation sites is 1. The molecule has 0 unspecified atom stereocenters. The van der Waals surface area contributed by atoms with Crippen molar-refractivity contribution in [1.82, 2.24) is 4.90 Å². The van der Waals surface area contributed by atoms with Crippen molar-refractivity contribution < 1.29 is 14.3 Å². The highest BCUT2D eigenvalue weighted by atomic mass is 32.2. The number of amidine groups is 1. The predicted molar refractivity (Wildman–Crippen MR) is 153 cm³/mol. The van der Waals surface area contributed by atoms with Gasteiger partial charge in [0.1, 0.15) is 6.61 Å². The minimum atomic E-state index is -0.0683. The van der Waals surface area contributed by atoms with Gasteiger partial charge in [-0.3, -0.25) is 9.69 Å². The second-order valence-electron chi connectivity index (χ2n) is 8.70. The molecule has 186 valence electrons. The van der Waals surface area contributed by atoms with Gasteiger partial charge in [-0.2, -0.15) is 0 Å². The number of methoxy groups -OCH3 is 1. The first kappa shape index (κ1) is 24.7. The summed E-state index contributed by atoms with van der Waals surface area (Å²) < 4.78 is 12.0. The standard InChI is InChI=1S/C31H28N2O3S/c1-4-33-30(34)28(37-31(33)32-25-17-15-21(2)16-18-25)19-23-11-8-14-27(35-3)29(23)36-20-24-12-7-10-22-9-5-6-13-26(22)24/h5-19H,4,20H2,1-3H3/b28-19+,32-31?. The van der Waals surface area contributed by atoms with E-state index in [2.05, 4.69) is 24.3 Å². The average molecular weight is 509 g/mol. The van der Waals surface area contributed by atoms with Crippen LogP contribution in [0.5, 0.6) is 11.5 Å². The Bertz CT molecular complexity index is 1500. The van der Waals surface area contributed by atoms with Gasteiger partial charge < -0.3 is 9.47 Å². The summed E-state index contributed by atoms with van der Waals surface area (Å²) in [5.41, 5.74) is 3.85. The Morgan fingerprint density at radius 2 is 1.70 bits per heavy atom. The number of hydrogen-bond donors (Lipinski definition) is 0. The molecule has 1 heterocycles. The van der Waals surface area contributed by atoms with Crippen molar-refractivity contribution in [3.63, 3.8) is 0 Å². The number of rotatable bonds is 7. The van der Waals surface area contributed by atoms with E-state index in [0.29, 0.717) is 34.7 Å². The Morgan fingerprint density at radius 1 is 0.946 bits per heavy atom. The summed E-state index contributed by atoms with van der Waals surface area (Å²) in [6.45, 7) is 4.91. The van der Waals surface area contributed by atoms with Crippen LogP contribution in [0, 0.1) is 6.92 Å². The number of amides is 1. The zero-order valence-electron chi connectivity index (χ0n) is 21.1. The van der Waals surface area contributed by atoms with E-state index >= 15 is 0 Å². The summed E-state index contributed by atoms with van der Waals surface area (Å²) in [5.74, 6) is 1.15. The fourth-order valence-corrected chi connectivity index (χ4v) is 5.32. The van der Waals surface area contributed by atoms with Crippen LogP contribution in [0.2, 0.25) is 0 Å². The summed E-state index contributed by atoms with van der Waals surface area (Å²) in [5, 5.41) is 2.99. The van der Waals surface area contributed by atoms with Crippen molar-refractivity contribution >= 4 is 45.4 Å². The number of hydrogen-bond acceptors (Lipinski definition) is 5. The Balaban J connectivity index is 1.46. The lowest BCUT2D eigenvalue weighted by Crippen LogP contribution is -2.28. The van der Waals surface area contributed by atoms with Gasteiger partial charge in [0, 0.05) is 12.1 Å². The van der Waals surface area contributed by atoms with Crippen molar-refractivity contribution in [1.29, 1.82) is 0 Å². The van der Waals surface area contributed by atoms with Crippen molar-refractivity contribution in [2.24, 2.45) is 4.99 Å². The van der Waals surface area contributed by atoms with Gasteiger partial charge in [-0.1, -0.05) is 72.3 Å². The van der Waals surface area contributed by atoms with Gasteiger partial charge in [-0.05, 0) is 66.2 Å². The molecule has 4 aromatic rings. The van der Waals surface area contributed by atoms with E-state index in [1.54, 1.807) is 12.0 Å². The quantitative estimate of drug-likeness (QED) is 0.245. The van der Waals surface area contributed by atoms with Gasteiger partial charge in [0.15, 0.2) is 16.7 Å². The molecule has 4 aromatic carbocycles. The van der Waals surface area contributed by atoms with Crippen LogP contribution < -0.4 is 9.47 Å². The van der Waals surface area contributed by atoms with Gasteiger partial charge in [-0.15, -0.1) is 0 Å². The molecule has 0 N–H and O–H groups in total. The molecule has 1 aliphatic heterocycles. The Morgan fingerprint density at radius 3 is 2.49 bits per heavy atom. The number of fused-ring (bicyclic) bond motifs is 1. The zero-order chi connectivity index (χ0) is 25.8. The summed E-state index contributed by atoms with van der Waals surface area (Å²) in [6.07, 6.45) is 1.87. The number of aliphatic imine (C=N–C) groups is 1. The maximum atomic E-state index is 13.3. The third-order valence-corrected chi connectivity index (χ3v) is 7.24. The molecule has 0 bridgehead atoms. The molecule has 1 saturated heterocycles. The Kier molecular flexibility index (Phi) is 7.28. The van der Waals surface area contributed by atoms with E-state index in [1.807, 2.05) is 80.6 Å². The normalized spacial score (nSPS) is 15.6. The minimum absolute atomic E-state index is 0.0683. The molecule has 0 spiro atoms. The lowest BCUT2D eigenvalue weighted by Gasteiger charge is -2.15. The third-order valence-electron chi connectivity index (χ3n) is 6.23. The van der Waals surface area contributed by atoms with E-state index < -0.39 is 0 Å². The molecular formula is C31H28N2O3S. The molecule has 0 aromatic heterocycles. The summed E-state index contributed by atoms with van der Waals surface area (Å²) >= 11 is 1.37. The van der Waals surface area contributed by atoms with E-state index in [-0.39, 0.29) is 5.91 Å². The van der Waals surface area contributed by atoms with Crippen LogP contribution in [-0.4, -0.2) is 29.6 Å². The minimum Gasteiger partial charge on any atom is -0.493 e. The highest BCUT2D eigenvalue weighted by Gasteiger charge is 2.32. The Labute approximate surface area is 221 Å². The Hall–Kier alpha value is -4.03. The molecule has 1 amide bonds. The number of benzene rings is 4. The van der Waals surface area contributed by atoms with E-state index in [0.717, 1.165) is 22.2 Å². The molecule has 1 fully saturated rings. The highest BCUT2D eigenvalue weighted by molar-refractivity contribution is 8.18. The first-order chi connectivity index (χ1) is 18.1. The number of ether oxygens (including phenoxy) is 2. The lowest BCUT2D eigenvalue weighted by molar-refractivity contribution is -0.122. The highest BCUT2D eigenvalue weighted by Crippen LogP contribution is 2.38. The maximum Gasteiger partial charge on any atom is 0.266 e. The van der Waals surface area contributed by atoms with Crippen LogP contribution in [0.4, 0.5) is 5.69 Å². The molecule has 5 nitrogen and oxygen atoms in total. The van der Waals surface area contributed by atoms with Crippen LogP contribution in [-0.2, 0) is 11.4 Å². The summed E-state index contributed by atoms with van der Waals surface area (Å²) in [7, 11) is 1.62. The number of nitrogens with zero attached hydrogens (tertiary/aromatic N) is 2. The SMILES string of the molecule is CCN1C(=O)/C(=C\c2cccc(OC)c2OCc2cccc3ccccc23)SC1=Nc1ccc(C)cc1. The van der Waals surface area contributed by atoms with Gasteiger partial charge in [-0.25, -0.2) is 4.99 Å². The van der Waals surface area contributed by atoms with Gasteiger partial charge in [0.2, 0.25) is 0 Å². The fourth-order valence-electron chi connectivity index (χ4n) is 4.27. The number of thioether (sulfide) groups is 1. The third kappa shape index (κ3) is 5.25. The van der Waals surface area contributed by atoms with Crippen molar-refractivity contribution in [2.45, 2.75) is 20.5 Å². The topological polar surface area (TPSA) is 51.1 Å². The maximum absolute atomic E-state index is 13.3. The van der Waals surface area contributed by atoms with E-state index in [4.69, 9.17) is 14.5 Å². The van der Waals surface area contributed by atoms with Crippen LogP contribution in [0.25, 0.3) is 16.8 Å². The van der Waals surface area contributed by atoms with Crippen LogP contribution >= 0.6 is 11.8 Å². The van der Waals surface area contributed by atoms with Crippen molar-refractivity contribution in [3.05, 3.63) is 107 Å². The average Bonchev–Trinajstić information content (AvgIpc) is 3.22. The fraction of sp³-hybridized carbons (Fsp3) is 0.161. The molecule has 0 saturated carbocycles. The molecule has 0 radical (unpaired) electrons.